The third-order valence-corrected chi connectivity index (χ3v) is 3.83. The van der Waals surface area contributed by atoms with Crippen LogP contribution in [0.2, 0.25) is 0 Å². The smallest absolute Gasteiger partial charge is 0.256 e. The maximum atomic E-state index is 13.7. The zero-order valence-electron chi connectivity index (χ0n) is 11.8. The molecule has 1 aromatic rings. The lowest BCUT2D eigenvalue weighted by Gasteiger charge is -2.39. The summed E-state index contributed by atoms with van der Waals surface area (Å²) in [5.41, 5.74) is 2.19. The molecule has 0 aromatic heterocycles. The Labute approximate surface area is 117 Å². The summed E-state index contributed by atoms with van der Waals surface area (Å²) in [4.78, 5) is 14.2. The van der Waals surface area contributed by atoms with E-state index in [4.69, 9.17) is 10.6 Å². The molecular weight excluding hydrogens is 261 g/mol. The Kier molecular flexibility index (Phi) is 4.25. The van der Waals surface area contributed by atoms with E-state index in [0.717, 1.165) is 12.8 Å². The van der Waals surface area contributed by atoms with Crippen LogP contribution in [0.5, 0.6) is 0 Å². The van der Waals surface area contributed by atoms with Crippen LogP contribution in [0, 0.1) is 5.82 Å². The van der Waals surface area contributed by atoms with Crippen molar-refractivity contribution < 1.29 is 13.9 Å². The Balaban J connectivity index is 2.26. The number of ether oxygens (including phenoxy) is 1. The van der Waals surface area contributed by atoms with Crippen molar-refractivity contribution in [3.05, 3.63) is 29.6 Å². The molecule has 3 N–H and O–H groups in total. The van der Waals surface area contributed by atoms with Crippen molar-refractivity contribution in [2.45, 2.75) is 25.4 Å². The molecule has 1 amide bonds. The largest absolute Gasteiger partial charge is 0.377 e. The molecule has 0 spiro atoms. The van der Waals surface area contributed by atoms with E-state index in [0.29, 0.717) is 13.1 Å². The molecule has 20 heavy (non-hydrogen) atoms. The van der Waals surface area contributed by atoms with Gasteiger partial charge in [0.15, 0.2) is 0 Å². The van der Waals surface area contributed by atoms with Gasteiger partial charge in [-0.05, 0) is 31.9 Å². The van der Waals surface area contributed by atoms with E-state index in [1.54, 1.807) is 18.1 Å². The molecule has 0 radical (unpaired) electrons. The topological polar surface area (TPSA) is 67.6 Å². The lowest BCUT2D eigenvalue weighted by Crippen LogP contribution is -2.49. The lowest BCUT2D eigenvalue weighted by molar-refractivity contribution is -0.0439. The highest BCUT2D eigenvalue weighted by Crippen LogP contribution is 2.27. The van der Waals surface area contributed by atoms with Crippen LogP contribution in [0.4, 0.5) is 10.1 Å². The number of nitrogen functional groups attached to an aromatic ring is 1. The minimum Gasteiger partial charge on any atom is -0.377 e. The summed E-state index contributed by atoms with van der Waals surface area (Å²) in [6, 6.07) is 4.34. The number of hydrazine groups is 1. The summed E-state index contributed by atoms with van der Waals surface area (Å²) in [7, 11) is 1.64. The third-order valence-electron chi connectivity index (χ3n) is 3.83. The van der Waals surface area contributed by atoms with Crippen LogP contribution in [0.1, 0.15) is 30.1 Å². The normalized spacial score (nSPS) is 22.7. The number of methoxy groups -OCH3 is 1. The number of halogens is 1. The van der Waals surface area contributed by atoms with Crippen LogP contribution in [0.15, 0.2) is 18.2 Å². The Bertz CT molecular complexity index is 509. The number of para-hydroxylation sites is 1. The molecule has 1 aliphatic rings. The highest BCUT2D eigenvalue weighted by atomic mass is 19.1. The predicted octanol–water partition coefficient (Wildman–Crippen LogP) is 1.75. The summed E-state index contributed by atoms with van der Waals surface area (Å²) in [6.07, 6.45) is 1.76. The number of benzene rings is 1. The highest BCUT2D eigenvalue weighted by molar-refractivity contribution is 5.99. The van der Waals surface area contributed by atoms with Crippen molar-refractivity contribution in [3.8, 4) is 0 Å². The van der Waals surface area contributed by atoms with Gasteiger partial charge in [-0.25, -0.2) is 4.39 Å². The fourth-order valence-electron chi connectivity index (χ4n) is 2.57. The van der Waals surface area contributed by atoms with E-state index >= 15 is 0 Å². The number of nitrogens with zero attached hydrogens (tertiary/aromatic N) is 1. The van der Waals surface area contributed by atoms with Gasteiger partial charge in [-0.15, -0.1) is 0 Å². The zero-order chi connectivity index (χ0) is 14.8. The molecule has 1 fully saturated rings. The maximum absolute atomic E-state index is 13.7. The van der Waals surface area contributed by atoms with E-state index < -0.39 is 5.82 Å². The highest BCUT2D eigenvalue weighted by Gasteiger charge is 2.34. The SMILES string of the molecule is COC1(C)CCCN(C(=O)c2cccc(F)c2NN)C1. The first-order valence-corrected chi connectivity index (χ1v) is 6.60. The molecule has 110 valence electrons. The van der Waals surface area contributed by atoms with Crippen LogP contribution in [-0.2, 0) is 4.74 Å². The van der Waals surface area contributed by atoms with Gasteiger partial charge in [0.2, 0.25) is 0 Å². The molecule has 1 unspecified atom stereocenters. The molecule has 0 saturated carbocycles. The Hall–Kier alpha value is -1.66. The minimum absolute atomic E-state index is 0.0298. The number of hydrogen-bond donors (Lipinski definition) is 2. The summed E-state index contributed by atoms with van der Waals surface area (Å²) in [5, 5.41) is 0. The average Bonchev–Trinajstić information content (AvgIpc) is 2.46. The van der Waals surface area contributed by atoms with Gasteiger partial charge in [0, 0.05) is 20.2 Å². The number of hydrogen-bond acceptors (Lipinski definition) is 4. The molecule has 1 aliphatic heterocycles. The van der Waals surface area contributed by atoms with Crippen molar-refractivity contribution in [2.75, 3.05) is 25.6 Å². The molecule has 5 nitrogen and oxygen atoms in total. The number of piperidine rings is 1. The van der Waals surface area contributed by atoms with Gasteiger partial charge in [-0.1, -0.05) is 6.07 Å². The van der Waals surface area contributed by atoms with Gasteiger partial charge in [0.05, 0.1) is 16.9 Å². The third kappa shape index (κ3) is 2.76. The van der Waals surface area contributed by atoms with Crippen LogP contribution >= 0.6 is 0 Å². The predicted molar refractivity (Wildman–Crippen MR) is 74.8 cm³/mol. The summed E-state index contributed by atoms with van der Waals surface area (Å²) in [6.45, 7) is 3.10. The average molecular weight is 281 g/mol. The molecule has 1 aromatic carbocycles. The van der Waals surface area contributed by atoms with Crippen LogP contribution in [0.25, 0.3) is 0 Å². The fraction of sp³-hybridized carbons (Fsp3) is 0.500. The van der Waals surface area contributed by atoms with E-state index in [-0.39, 0.29) is 22.8 Å². The van der Waals surface area contributed by atoms with Crippen LogP contribution < -0.4 is 11.3 Å². The minimum atomic E-state index is -0.537. The fourth-order valence-corrected chi connectivity index (χ4v) is 2.57. The van der Waals surface area contributed by atoms with Crippen LogP contribution in [-0.4, -0.2) is 36.6 Å². The first-order chi connectivity index (χ1) is 9.50. The summed E-state index contributed by atoms with van der Waals surface area (Å²) >= 11 is 0. The van der Waals surface area contributed by atoms with Crippen molar-refractivity contribution in [1.29, 1.82) is 0 Å². The number of carbonyl (C=O) groups excluding carboxylic acids is 1. The Morgan fingerprint density at radius 2 is 2.30 bits per heavy atom. The monoisotopic (exact) mass is 281 g/mol. The number of nitrogens with two attached hydrogens (primary N) is 1. The van der Waals surface area contributed by atoms with E-state index in [1.165, 1.54) is 12.1 Å². The Morgan fingerprint density at radius 3 is 2.95 bits per heavy atom. The van der Waals surface area contributed by atoms with Gasteiger partial charge in [0.1, 0.15) is 5.82 Å². The number of carbonyl (C=O) groups is 1. The molecule has 0 bridgehead atoms. The number of nitrogens with one attached hydrogen (secondary N) is 1. The number of anilines is 1. The molecular formula is C14H20FN3O2. The number of likely N-dealkylation sites (tertiary alicyclic amines) is 1. The van der Waals surface area contributed by atoms with Crippen molar-refractivity contribution >= 4 is 11.6 Å². The molecule has 1 heterocycles. The van der Waals surface area contributed by atoms with Gasteiger partial charge >= 0.3 is 0 Å². The molecule has 0 aliphatic carbocycles. The first-order valence-electron chi connectivity index (χ1n) is 6.60. The summed E-state index contributed by atoms with van der Waals surface area (Å²) in [5.74, 6) is 4.54. The van der Waals surface area contributed by atoms with Crippen molar-refractivity contribution in [1.82, 2.24) is 4.90 Å². The molecule has 1 atom stereocenters. The van der Waals surface area contributed by atoms with E-state index in [9.17, 15) is 9.18 Å². The van der Waals surface area contributed by atoms with E-state index in [1.807, 2.05) is 6.92 Å². The Morgan fingerprint density at radius 1 is 1.55 bits per heavy atom. The maximum Gasteiger partial charge on any atom is 0.256 e. The zero-order valence-corrected chi connectivity index (χ0v) is 11.8. The molecule has 1 saturated heterocycles. The second kappa shape index (κ2) is 5.76. The number of rotatable bonds is 3. The first kappa shape index (κ1) is 14.7. The van der Waals surface area contributed by atoms with Crippen LogP contribution in [0.3, 0.4) is 0 Å². The molecule has 6 heteroatoms. The van der Waals surface area contributed by atoms with Gasteiger partial charge in [-0.3, -0.25) is 10.6 Å². The quantitative estimate of drug-likeness (QED) is 0.654. The van der Waals surface area contributed by atoms with E-state index in [2.05, 4.69) is 5.43 Å². The van der Waals surface area contributed by atoms with Crippen molar-refractivity contribution in [3.63, 3.8) is 0 Å². The second-order valence-corrected chi connectivity index (χ2v) is 5.29. The summed E-state index contributed by atoms with van der Waals surface area (Å²) < 4.78 is 19.1. The lowest BCUT2D eigenvalue weighted by atomic mass is 9.94. The number of amides is 1. The van der Waals surface area contributed by atoms with Gasteiger partial charge in [0.25, 0.3) is 5.91 Å². The molecule has 2 rings (SSSR count). The second-order valence-electron chi connectivity index (χ2n) is 5.29. The van der Waals surface area contributed by atoms with Gasteiger partial charge < -0.3 is 15.1 Å². The van der Waals surface area contributed by atoms with Gasteiger partial charge in [-0.2, -0.15) is 0 Å². The van der Waals surface area contributed by atoms with Crippen molar-refractivity contribution in [2.24, 2.45) is 5.84 Å². The standard InChI is InChI=1S/C14H20FN3O2/c1-14(20-2)7-4-8-18(9-14)13(19)10-5-3-6-11(15)12(10)17-16/h3,5-6,17H,4,7-9,16H2,1-2H3.